The van der Waals surface area contributed by atoms with Crippen molar-refractivity contribution in [3.63, 3.8) is 0 Å². The first-order valence-electron chi connectivity index (χ1n) is 4.70. The van der Waals surface area contributed by atoms with Gasteiger partial charge in [-0.25, -0.2) is 9.97 Å². The summed E-state index contributed by atoms with van der Waals surface area (Å²) in [4.78, 5) is 9.09. The van der Waals surface area contributed by atoms with Crippen LogP contribution < -0.4 is 0 Å². The van der Waals surface area contributed by atoms with Gasteiger partial charge >= 0.3 is 0 Å². The fourth-order valence-corrected chi connectivity index (χ4v) is 2.56. The van der Waals surface area contributed by atoms with Crippen molar-refractivity contribution in [3.8, 4) is 11.1 Å². The molecular formula is C12H6ClN2S. The van der Waals surface area contributed by atoms with Crippen LogP contribution in [0.25, 0.3) is 21.3 Å². The van der Waals surface area contributed by atoms with Gasteiger partial charge in [0.25, 0.3) is 0 Å². The largest absolute Gasteiger partial charge is 0.234 e. The Bertz CT molecular complexity index is 631. The third kappa shape index (κ3) is 1.58. The summed E-state index contributed by atoms with van der Waals surface area (Å²) in [5.41, 5.74) is 2.22. The molecule has 0 saturated heterocycles. The maximum atomic E-state index is 5.86. The van der Waals surface area contributed by atoms with Crippen LogP contribution in [-0.4, -0.2) is 9.97 Å². The molecule has 0 aliphatic heterocycles. The Morgan fingerprint density at radius 3 is 2.81 bits per heavy atom. The van der Waals surface area contributed by atoms with Gasteiger partial charge in [0.15, 0.2) is 0 Å². The van der Waals surface area contributed by atoms with E-state index in [1.807, 2.05) is 24.3 Å². The minimum atomic E-state index is 0.739. The number of hydrogen-bond donors (Lipinski definition) is 0. The number of nitrogens with zero attached hydrogens (tertiary/aromatic N) is 2. The summed E-state index contributed by atoms with van der Waals surface area (Å²) in [7, 11) is 0. The van der Waals surface area contributed by atoms with Crippen molar-refractivity contribution in [1.82, 2.24) is 9.97 Å². The number of halogens is 1. The van der Waals surface area contributed by atoms with Gasteiger partial charge in [-0.05, 0) is 17.7 Å². The molecule has 4 heteroatoms. The van der Waals surface area contributed by atoms with Crippen LogP contribution in [0.4, 0.5) is 0 Å². The summed E-state index contributed by atoms with van der Waals surface area (Å²) in [6, 6.07) is 7.74. The molecule has 0 saturated carbocycles. The highest BCUT2D eigenvalue weighted by atomic mass is 35.5. The van der Waals surface area contributed by atoms with Crippen LogP contribution in [0.15, 0.2) is 36.0 Å². The second-order valence-electron chi connectivity index (χ2n) is 3.32. The Labute approximate surface area is 102 Å². The van der Waals surface area contributed by atoms with E-state index >= 15 is 0 Å². The van der Waals surface area contributed by atoms with E-state index in [-0.39, 0.29) is 0 Å². The van der Waals surface area contributed by atoms with Crippen molar-refractivity contribution in [2.75, 3.05) is 0 Å². The van der Waals surface area contributed by atoms with E-state index in [2.05, 4.69) is 21.5 Å². The number of aromatic nitrogens is 2. The molecule has 0 aliphatic carbocycles. The molecule has 0 fully saturated rings. The summed E-state index contributed by atoms with van der Waals surface area (Å²) < 4.78 is 0. The molecule has 3 aromatic rings. The van der Waals surface area contributed by atoms with Crippen LogP contribution in [0.2, 0.25) is 5.02 Å². The highest BCUT2D eigenvalue weighted by Crippen LogP contribution is 2.32. The van der Waals surface area contributed by atoms with Crippen LogP contribution in [0, 0.1) is 6.20 Å². The van der Waals surface area contributed by atoms with Gasteiger partial charge in [0, 0.05) is 21.4 Å². The van der Waals surface area contributed by atoms with Crippen LogP contribution in [0.5, 0.6) is 0 Å². The molecule has 1 radical (unpaired) electrons. The van der Waals surface area contributed by atoms with E-state index in [9.17, 15) is 0 Å². The van der Waals surface area contributed by atoms with E-state index in [0.717, 1.165) is 26.4 Å². The first-order chi connectivity index (χ1) is 7.84. The molecular weight excluding hydrogens is 240 g/mol. The lowest BCUT2D eigenvalue weighted by atomic mass is 10.1. The van der Waals surface area contributed by atoms with E-state index in [0.29, 0.717) is 0 Å². The van der Waals surface area contributed by atoms with Crippen molar-refractivity contribution < 1.29 is 0 Å². The Morgan fingerprint density at radius 1 is 1.19 bits per heavy atom. The SMILES string of the molecule is Clc1ccc(-c2csc3ncn[c]c23)cc1. The molecule has 0 bridgehead atoms. The minimum absolute atomic E-state index is 0.739. The molecule has 0 N–H and O–H groups in total. The fourth-order valence-electron chi connectivity index (χ4n) is 1.57. The normalized spacial score (nSPS) is 10.8. The van der Waals surface area contributed by atoms with Gasteiger partial charge < -0.3 is 0 Å². The zero-order valence-electron chi connectivity index (χ0n) is 8.14. The van der Waals surface area contributed by atoms with E-state index in [4.69, 9.17) is 11.6 Å². The summed E-state index contributed by atoms with van der Waals surface area (Å²) in [6.07, 6.45) is 4.50. The Balaban J connectivity index is 2.22. The third-order valence-electron chi connectivity index (χ3n) is 2.34. The first-order valence-corrected chi connectivity index (χ1v) is 5.96. The van der Waals surface area contributed by atoms with Gasteiger partial charge in [-0.3, -0.25) is 0 Å². The Morgan fingerprint density at radius 2 is 2.00 bits per heavy atom. The van der Waals surface area contributed by atoms with Crippen LogP contribution >= 0.6 is 22.9 Å². The number of rotatable bonds is 1. The van der Waals surface area contributed by atoms with E-state index in [1.165, 1.54) is 6.33 Å². The van der Waals surface area contributed by atoms with E-state index in [1.54, 1.807) is 11.3 Å². The topological polar surface area (TPSA) is 25.8 Å². The molecule has 16 heavy (non-hydrogen) atoms. The van der Waals surface area contributed by atoms with Crippen LogP contribution in [0.3, 0.4) is 0 Å². The van der Waals surface area contributed by atoms with Crippen molar-refractivity contribution in [2.45, 2.75) is 0 Å². The number of hydrogen-bond acceptors (Lipinski definition) is 3. The van der Waals surface area contributed by atoms with Gasteiger partial charge in [0.1, 0.15) is 17.4 Å². The zero-order valence-corrected chi connectivity index (χ0v) is 9.72. The predicted octanol–water partition coefficient (Wildman–Crippen LogP) is 3.81. The lowest BCUT2D eigenvalue weighted by Gasteiger charge is -1.98. The van der Waals surface area contributed by atoms with Gasteiger partial charge in [0.2, 0.25) is 0 Å². The van der Waals surface area contributed by atoms with Gasteiger partial charge in [0.05, 0.1) is 0 Å². The monoisotopic (exact) mass is 245 g/mol. The van der Waals surface area contributed by atoms with Gasteiger partial charge in [-0.1, -0.05) is 23.7 Å². The average Bonchev–Trinajstić information content (AvgIpc) is 2.74. The molecule has 0 amide bonds. The molecule has 77 valence electrons. The van der Waals surface area contributed by atoms with Crippen molar-refractivity contribution in [3.05, 3.63) is 47.2 Å². The first kappa shape index (κ1) is 9.75. The molecule has 0 atom stereocenters. The minimum Gasteiger partial charge on any atom is -0.234 e. The maximum Gasteiger partial charge on any atom is 0.127 e. The van der Waals surface area contributed by atoms with Crippen LogP contribution in [-0.2, 0) is 0 Å². The molecule has 2 aromatic heterocycles. The van der Waals surface area contributed by atoms with E-state index < -0.39 is 0 Å². The molecule has 2 nitrogen and oxygen atoms in total. The summed E-state index contributed by atoms with van der Waals surface area (Å²) >= 11 is 7.46. The third-order valence-corrected chi connectivity index (χ3v) is 3.47. The lowest BCUT2D eigenvalue weighted by Crippen LogP contribution is -1.79. The fraction of sp³-hybridized carbons (Fsp3) is 0. The molecule has 0 unspecified atom stereocenters. The summed E-state index contributed by atoms with van der Waals surface area (Å²) in [6.45, 7) is 0. The smallest absolute Gasteiger partial charge is 0.127 e. The highest BCUT2D eigenvalue weighted by Gasteiger charge is 2.07. The maximum absolute atomic E-state index is 5.86. The van der Waals surface area contributed by atoms with Gasteiger partial charge in [-0.15, -0.1) is 11.3 Å². The average molecular weight is 246 g/mol. The Hall–Kier alpha value is -1.45. The summed E-state index contributed by atoms with van der Waals surface area (Å²) in [5.74, 6) is 0. The molecule has 0 spiro atoms. The Kier molecular flexibility index (Phi) is 2.35. The van der Waals surface area contributed by atoms with Crippen molar-refractivity contribution in [2.24, 2.45) is 0 Å². The number of fused-ring (bicyclic) bond motifs is 1. The molecule has 1 aromatic carbocycles. The predicted molar refractivity (Wildman–Crippen MR) is 66.7 cm³/mol. The van der Waals surface area contributed by atoms with Crippen molar-refractivity contribution in [1.29, 1.82) is 0 Å². The van der Waals surface area contributed by atoms with Crippen molar-refractivity contribution >= 4 is 33.2 Å². The second-order valence-corrected chi connectivity index (χ2v) is 4.62. The van der Waals surface area contributed by atoms with Crippen LogP contribution in [0.1, 0.15) is 0 Å². The molecule has 2 heterocycles. The molecule has 0 aliphatic rings. The molecule has 3 rings (SSSR count). The summed E-state index contributed by atoms with van der Waals surface area (Å²) in [5, 5.41) is 3.78. The standard InChI is InChI=1S/C12H6ClN2S/c13-9-3-1-8(2-4-9)11-6-16-12-10(11)5-14-7-15-12/h1-4,6-7H. The highest BCUT2D eigenvalue weighted by molar-refractivity contribution is 7.17. The number of benzene rings is 1. The van der Waals surface area contributed by atoms with Gasteiger partial charge in [-0.2, -0.15) is 0 Å². The number of thiophene rings is 1. The second kappa shape index (κ2) is 3.85. The lowest BCUT2D eigenvalue weighted by molar-refractivity contribution is 1.22. The quantitative estimate of drug-likeness (QED) is 0.652. The zero-order chi connectivity index (χ0) is 11.0.